The summed E-state index contributed by atoms with van der Waals surface area (Å²) in [5.41, 5.74) is 1.61. The van der Waals surface area contributed by atoms with Gasteiger partial charge in [0.25, 0.3) is 0 Å². The summed E-state index contributed by atoms with van der Waals surface area (Å²) in [5, 5.41) is 9.03. The zero-order valence-corrected chi connectivity index (χ0v) is 11.2. The molecule has 0 amide bonds. The first-order valence-electron chi connectivity index (χ1n) is 6.34. The van der Waals surface area contributed by atoms with Crippen LogP contribution in [0.5, 0.6) is 0 Å². The Bertz CT molecular complexity index is 634. The van der Waals surface area contributed by atoms with Crippen LogP contribution in [-0.4, -0.2) is 31.8 Å². The number of hydrogen-bond donors (Lipinski definition) is 1. The third-order valence-corrected chi connectivity index (χ3v) is 5.42. The topological polar surface area (TPSA) is 74.7 Å². The number of carbonyl (C=O) groups is 1. The lowest BCUT2D eigenvalue weighted by molar-refractivity contribution is 0.0697. The van der Waals surface area contributed by atoms with E-state index >= 15 is 0 Å². The Labute approximate surface area is 111 Å². The molecule has 19 heavy (non-hydrogen) atoms. The zero-order chi connectivity index (χ0) is 13.6. The molecule has 6 heteroatoms. The highest BCUT2D eigenvalue weighted by Gasteiger charge is 2.34. The van der Waals surface area contributed by atoms with E-state index in [0.717, 1.165) is 18.4 Å². The highest BCUT2D eigenvalue weighted by atomic mass is 32.2. The van der Waals surface area contributed by atoms with Crippen molar-refractivity contribution < 1.29 is 18.3 Å². The summed E-state index contributed by atoms with van der Waals surface area (Å²) < 4.78 is 25.7. The molecular formula is C13H15NO4S. The minimum Gasteiger partial charge on any atom is -0.478 e. The van der Waals surface area contributed by atoms with Gasteiger partial charge in [-0.25, -0.2) is 13.2 Å². The Hall–Kier alpha value is -1.56. The molecule has 3 rings (SSSR count). The molecule has 5 nitrogen and oxygen atoms in total. The van der Waals surface area contributed by atoms with Crippen LogP contribution >= 0.6 is 0 Å². The lowest BCUT2D eigenvalue weighted by Gasteiger charge is -2.31. The number of anilines is 1. The number of hydrogen-bond acceptors (Lipinski definition) is 3. The summed E-state index contributed by atoms with van der Waals surface area (Å²) in [6.45, 7) is 0.485. The summed E-state index contributed by atoms with van der Waals surface area (Å²) in [4.78, 5) is 11.0. The van der Waals surface area contributed by atoms with E-state index in [9.17, 15) is 13.2 Å². The fourth-order valence-electron chi connectivity index (χ4n) is 2.39. The largest absolute Gasteiger partial charge is 0.478 e. The normalized spacial score (nSPS) is 20.9. The van der Waals surface area contributed by atoms with Gasteiger partial charge in [0, 0.05) is 6.54 Å². The van der Waals surface area contributed by atoms with Gasteiger partial charge >= 0.3 is 5.97 Å². The van der Waals surface area contributed by atoms with Crippen LogP contribution in [-0.2, 0) is 16.4 Å². The molecule has 1 heterocycles. The van der Waals surface area contributed by atoms with Crippen molar-refractivity contribution in [2.75, 3.05) is 16.6 Å². The average molecular weight is 281 g/mol. The molecule has 0 bridgehead atoms. The number of sulfonamides is 1. The molecule has 0 radical (unpaired) electrons. The molecular weight excluding hydrogens is 266 g/mol. The highest BCUT2D eigenvalue weighted by Crippen LogP contribution is 2.36. The molecule has 1 N–H and O–H groups in total. The van der Waals surface area contributed by atoms with E-state index in [-0.39, 0.29) is 11.3 Å². The van der Waals surface area contributed by atoms with Gasteiger partial charge < -0.3 is 5.11 Å². The number of nitrogens with zero attached hydrogens (tertiary/aromatic N) is 1. The summed E-state index contributed by atoms with van der Waals surface area (Å²) in [5.74, 6) is -0.495. The third-order valence-electron chi connectivity index (χ3n) is 3.69. The summed E-state index contributed by atoms with van der Waals surface area (Å²) in [7, 11) is -3.29. The molecule has 1 fully saturated rings. The van der Waals surface area contributed by atoms with E-state index in [2.05, 4.69) is 0 Å². The van der Waals surface area contributed by atoms with Crippen molar-refractivity contribution >= 4 is 21.7 Å². The second-order valence-corrected chi connectivity index (χ2v) is 7.20. The summed E-state index contributed by atoms with van der Waals surface area (Å²) in [6, 6.07) is 4.75. The number of aromatic carboxylic acids is 1. The van der Waals surface area contributed by atoms with Crippen molar-refractivity contribution in [3.05, 3.63) is 29.3 Å². The van der Waals surface area contributed by atoms with E-state index in [1.165, 1.54) is 16.4 Å². The number of rotatable bonds is 3. The highest BCUT2D eigenvalue weighted by molar-refractivity contribution is 7.92. The number of aryl methyl sites for hydroxylation is 1. The molecule has 1 aliphatic carbocycles. The molecule has 102 valence electrons. The first kappa shape index (κ1) is 12.5. The minimum absolute atomic E-state index is 0.110. The molecule has 1 aromatic rings. The molecule has 0 atom stereocenters. The second-order valence-electron chi connectivity index (χ2n) is 5.19. The predicted octanol–water partition coefficient (Wildman–Crippen LogP) is 1.49. The van der Waals surface area contributed by atoms with Gasteiger partial charge in [0.05, 0.1) is 17.0 Å². The van der Waals surface area contributed by atoms with E-state index in [1.54, 1.807) is 6.07 Å². The maximum absolute atomic E-state index is 12.2. The van der Waals surface area contributed by atoms with Crippen molar-refractivity contribution in [3.63, 3.8) is 0 Å². The summed E-state index contributed by atoms with van der Waals surface area (Å²) >= 11 is 0. The first-order valence-corrected chi connectivity index (χ1v) is 7.95. The van der Waals surface area contributed by atoms with Gasteiger partial charge in [-0.2, -0.15) is 0 Å². The molecule has 0 spiro atoms. The number of carboxylic acids is 1. The quantitative estimate of drug-likeness (QED) is 0.910. The third kappa shape index (κ3) is 2.32. The summed E-state index contributed by atoms with van der Waals surface area (Å²) in [6.07, 6.45) is 2.57. The van der Waals surface area contributed by atoms with Crippen LogP contribution in [0.4, 0.5) is 5.69 Å². The SMILES string of the molecule is O=C(O)c1ccc2c(c1)N(CC1CC1)S(=O)(=O)CC2. The predicted molar refractivity (Wildman–Crippen MR) is 71.0 cm³/mol. The fourth-order valence-corrected chi connectivity index (χ4v) is 3.99. The van der Waals surface area contributed by atoms with Crippen molar-refractivity contribution in [2.24, 2.45) is 5.92 Å². The van der Waals surface area contributed by atoms with Gasteiger partial charge in [-0.1, -0.05) is 6.07 Å². The second kappa shape index (κ2) is 4.23. The molecule has 0 unspecified atom stereocenters. The van der Waals surface area contributed by atoms with Crippen LogP contribution in [0.3, 0.4) is 0 Å². The molecule has 1 aliphatic heterocycles. The van der Waals surface area contributed by atoms with Crippen LogP contribution in [0.15, 0.2) is 18.2 Å². The van der Waals surface area contributed by atoms with Gasteiger partial charge in [0.15, 0.2) is 0 Å². The van der Waals surface area contributed by atoms with Crippen LogP contribution in [0.1, 0.15) is 28.8 Å². The standard InChI is InChI=1S/C13H15NO4S/c15-13(16)11-4-3-10-5-6-19(17,18)14(12(10)7-11)8-9-1-2-9/h3-4,7,9H,1-2,5-6,8H2,(H,15,16). The maximum Gasteiger partial charge on any atom is 0.335 e. The molecule has 1 aromatic carbocycles. The maximum atomic E-state index is 12.2. The lowest BCUT2D eigenvalue weighted by atomic mass is 10.1. The Morgan fingerprint density at radius 3 is 2.74 bits per heavy atom. The first-order chi connectivity index (χ1) is 8.97. The van der Waals surface area contributed by atoms with Crippen molar-refractivity contribution in [1.82, 2.24) is 0 Å². The van der Waals surface area contributed by atoms with Crippen molar-refractivity contribution in [1.29, 1.82) is 0 Å². The van der Waals surface area contributed by atoms with Gasteiger partial charge in [-0.15, -0.1) is 0 Å². The number of fused-ring (bicyclic) bond motifs is 1. The monoisotopic (exact) mass is 281 g/mol. The van der Waals surface area contributed by atoms with Gasteiger partial charge in [0.2, 0.25) is 10.0 Å². The Morgan fingerprint density at radius 2 is 2.11 bits per heavy atom. The van der Waals surface area contributed by atoms with Crippen LogP contribution in [0.2, 0.25) is 0 Å². The minimum atomic E-state index is -3.29. The number of carboxylic acid groups (broad SMARTS) is 1. The zero-order valence-electron chi connectivity index (χ0n) is 10.4. The van der Waals surface area contributed by atoms with E-state index in [1.807, 2.05) is 0 Å². The lowest BCUT2D eigenvalue weighted by Crippen LogP contribution is -2.39. The molecule has 0 saturated heterocycles. The Morgan fingerprint density at radius 1 is 1.37 bits per heavy atom. The van der Waals surface area contributed by atoms with Crippen molar-refractivity contribution in [2.45, 2.75) is 19.3 Å². The van der Waals surface area contributed by atoms with Gasteiger partial charge in [-0.05, 0) is 42.9 Å². The van der Waals surface area contributed by atoms with Crippen LogP contribution < -0.4 is 4.31 Å². The Kier molecular flexibility index (Phi) is 2.78. The fraction of sp³-hybridized carbons (Fsp3) is 0.462. The smallest absolute Gasteiger partial charge is 0.335 e. The van der Waals surface area contributed by atoms with Crippen LogP contribution in [0, 0.1) is 5.92 Å². The van der Waals surface area contributed by atoms with E-state index < -0.39 is 16.0 Å². The molecule has 1 saturated carbocycles. The molecule has 2 aliphatic rings. The van der Waals surface area contributed by atoms with Gasteiger partial charge in [0.1, 0.15) is 0 Å². The van der Waals surface area contributed by atoms with Crippen molar-refractivity contribution in [3.8, 4) is 0 Å². The Balaban J connectivity index is 2.06. The van der Waals surface area contributed by atoms with Gasteiger partial charge in [-0.3, -0.25) is 4.31 Å². The van der Waals surface area contributed by atoms with Crippen LogP contribution in [0.25, 0.3) is 0 Å². The van der Waals surface area contributed by atoms with E-state index in [4.69, 9.17) is 5.11 Å². The molecule has 0 aromatic heterocycles. The average Bonchev–Trinajstić information content (AvgIpc) is 3.16. The number of benzene rings is 1. The van der Waals surface area contributed by atoms with E-state index in [0.29, 0.717) is 24.6 Å².